The second-order valence-electron chi connectivity index (χ2n) is 3.90. The molecule has 0 aliphatic rings. The quantitative estimate of drug-likeness (QED) is 0.729. The van der Waals surface area contributed by atoms with Gasteiger partial charge in [0.1, 0.15) is 0 Å². The summed E-state index contributed by atoms with van der Waals surface area (Å²) in [5.74, 6) is 0. The van der Waals surface area contributed by atoms with Crippen LogP contribution in [0.25, 0.3) is 0 Å². The second kappa shape index (κ2) is 5.90. The Balaban J connectivity index is 3.06. The average Bonchev–Trinajstić information content (AvgIpc) is 2.30. The molecule has 0 unspecified atom stereocenters. The van der Waals surface area contributed by atoms with Crippen LogP contribution in [0.2, 0.25) is 5.02 Å². The highest BCUT2D eigenvalue weighted by atomic mass is 35.5. The van der Waals surface area contributed by atoms with E-state index < -0.39 is 0 Å². The van der Waals surface area contributed by atoms with Crippen LogP contribution in [0.3, 0.4) is 0 Å². The summed E-state index contributed by atoms with van der Waals surface area (Å²) in [5, 5.41) is 0.601. The molecule has 0 aliphatic carbocycles. The van der Waals surface area contributed by atoms with Crippen molar-refractivity contribution in [3.63, 3.8) is 0 Å². The molecular weight excluding hydrogens is 222 g/mol. The van der Waals surface area contributed by atoms with Gasteiger partial charge in [0.05, 0.1) is 0 Å². The molecule has 3 heteroatoms. The highest BCUT2D eigenvalue weighted by Crippen LogP contribution is 2.25. The molecule has 0 saturated carbocycles. The molecule has 0 aliphatic heterocycles. The van der Waals surface area contributed by atoms with Crippen LogP contribution in [0.5, 0.6) is 0 Å². The zero-order valence-electron chi connectivity index (χ0n) is 10.0. The Kier molecular flexibility index (Phi) is 4.81. The minimum absolute atomic E-state index is 0.458. The van der Waals surface area contributed by atoms with E-state index in [0.717, 1.165) is 24.8 Å². The fourth-order valence-corrected chi connectivity index (χ4v) is 2.15. The van der Waals surface area contributed by atoms with E-state index in [-0.39, 0.29) is 0 Å². The fourth-order valence-electron chi connectivity index (χ4n) is 1.97. The molecule has 0 atom stereocenters. The zero-order valence-corrected chi connectivity index (χ0v) is 10.8. The highest BCUT2D eigenvalue weighted by molar-refractivity contribution is 6.31. The van der Waals surface area contributed by atoms with E-state index in [1.807, 2.05) is 19.2 Å². The zero-order chi connectivity index (χ0) is 12.1. The first kappa shape index (κ1) is 13.0. The van der Waals surface area contributed by atoms with Gasteiger partial charge in [0.2, 0.25) is 0 Å². The van der Waals surface area contributed by atoms with Crippen LogP contribution in [0.4, 0.5) is 5.69 Å². The number of aldehydes is 1. The number of halogens is 1. The van der Waals surface area contributed by atoms with Crippen molar-refractivity contribution in [1.29, 1.82) is 0 Å². The number of hydrogen-bond acceptors (Lipinski definition) is 2. The van der Waals surface area contributed by atoms with E-state index >= 15 is 0 Å². The Labute approximate surface area is 102 Å². The van der Waals surface area contributed by atoms with Gasteiger partial charge < -0.3 is 4.90 Å². The lowest BCUT2D eigenvalue weighted by Crippen LogP contribution is -2.31. The number of rotatable bonds is 5. The Morgan fingerprint density at radius 2 is 2.00 bits per heavy atom. The van der Waals surface area contributed by atoms with Crippen molar-refractivity contribution in [1.82, 2.24) is 0 Å². The standard InChI is InChI=1S/C13H18ClNO/c1-4-12(5-2)15(3)13-7-6-11(14)8-10(13)9-16/h6-9,12H,4-5H2,1-3H3. The van der Waals surface area contributed by atoms with Gasteiger partial charge in [-0.2, -0.15) is 0 Å². The van der Waals surface area contributed by atoms with Gasteiger partial charge in [-0.25, -0.2) is 0 Å². The lowest BCUT2D eigenvalue weighted by molar-refractivity contribution is 0.112. The number of benzene rings is 1. The Bertz CT molecular complexity index is 361. The van der Waals surface area contributed by atoms with Gasteiger partial charge in [0.15, 0.2) is 6.29 Å². The summed E-state index contributed by atoms with van der Waals surface area (Å²) >= 11 is 5.87. The first-order valence-electron chi connectivity index (χ1n) is 5.61. The van der Waals surface area contributed by atoms with Crippen molar-refractivity contribution in [2.24, 2.45) is 0 Å². The third kappa shape index (κ3) is 2.76. The second-order valence-corrected chi connectivity index (χ2v) is 4.34. The van der Waals surface area contributed by atoms with Crippen molar-refractivity contribution in [3.05, 3.63) is 28.8 Å². The van der Waals surface area contributed by atoms with E-state index in [1.54, 1.807) is 6.07 Å². The van der Waals surface area contributed by atoms with Crippen LogP contribution in [0.1, 0.15) is 37.0 Å². The van der Waals surface area contributed by atoms with E-state index in [2.05, 4.69) is 18.7 Å². The van der Waals surface area contributed by atoms with E-state index in [0.29, 0.717) is 16.6 Å². The van der Waals surface area contributed by atoms with Crippen molar-refractivity contribution in [2.45, 2.75) is 32.7 Å². The van der Waals surface area contributed by atoms with E-state index in [1.165, 1.54) is 0 Å². The summed E-state index contributed by atoms with van der Waals surface area (Å²) in [6.45, 7) is 4.31. The largest absolute Gasteiger partial charge is 0.371 e. The molecule has 0 aromatic heterocycles. The summed E-state index contributed by atoms with van der Waals surface area (Å²) < 4.78 is 0. The van der Waals surface area contributed by atoms with Gasteiger partial charge in [-0.05, 0) is 31.0 Å². The number of carbonyl (C=O) groups is 1. The SMILES string of the molecule is CCC(CC)N(C)c1ccc(Cl)cc1C=O. The maximum Gasteiger partial charge on any atom is 0.152 e. The summed E-state index contributed by atoms with van der Waals surface area (Å²) in [6.07, 6.45) is 2.99. The molecule has 1 rings (SSSR count). The Morgan fingerprint density at radius 3 is 2.50 bits per heavy atom. The number of hydrogen-bond donors (Lipinski definition) is 0. The van der Waals surface area contributed by atoms with Gasteiger partial charge in [0.25, 0.3) is 0 Å². The lowest BCUT2D eigenvalue weighted by atomic mass is 10.1. The van der Waals surface area contributed by atoms with E-state index in [4.69, 9.17) is 11.6 Å². The smallest absolute Gasteiger partial charge is 0.152 e. The van der Waals surface area contributed by atoms with Gasteiger partial charge in [-0.3, -0.25) is 4.79 Å². The monoisotopic (exact) mass is 239 g/mol. The summed E-state index contributed by atoms with van der Waals surface area (Å²) in [6, 6.07) is 5.90. The third-order valence-corrected chi connectivity index (χ3v) is 3.22. The molecule has 1 aromatic carbocycles. The van der Waals surface area contributed by atoms with Crippen LogP contribution in [-0.2, 0) is 0 Å². The molecule has 0 saturated heterocycles. The fraction of sp³-hybridized carbons (Fsp3) is 0.462. The molecular formula is C13H18ClNO. The number of carbonyl (C=O) groups excluding carboxylic acids is 1. The van der Waals surface area contributed by atoms with Crippen LogP contribution >= 0.6 is 11.6 Å². The van der Waals surface area contributed by atoms with Gasteiger partial charge in [0, 0.05) is 29.4 Å². The molecule has 16 heavy (non-hydrogen) atoms. The van der Waals surface area contributed by atoms with Crippen LogP contribution in [0.15, 0.2) is 18.2 Å². The van der Waals surface area contributed by atoms with Crippen LogP contribution < -0.4 is 4.90 Å². The van der Waals surface area contributed by atoms with Gasteiger partial charge >= 0.3 is 0 Å². The minimum Gasteiger partial charge on any atom is -0.371 e. The van der Waals surface area contributed by atoms with Crippen molar-refractivity contribution < 1.29 is 4.79 Å². The topological polar surface area (TPSA) is 20.3 Å². The van der Waals surface area contributed by atoms with E-state index in [9.17, 15) is 4.79 Å². The Hall–Kier alpha value is -1.02. The predicted octanol–water partition coefficient (Wildman–Crippen LogP) is 3.78. The third-order valence-electron chi connectivity index (χ3n) is 2.99. The number of nitrogens with zero attached hydrogens (tertiary/aromatic N) is 1. The average molecular weight is 240 g/mol. The molecule has 2 nitrogen and oxygen atoms in total. The maximum absolute atomic E-state index is 11.0. The number of anilines is 1. The summed E-state index contributed by atoms with van der Waals surface area (Å²) in [5.41, 5.74) is 1.61. The lowest BCUT2D eigenvalue weighted by Gasteiger charge is -2.29. The normalized spacial score (nSPS) is 10.6. The van der Waals surface area contributed by atoms with Crippen molar-refractivity contribution in [3.8, 4) is 0 Å². The van der Waals surface area contributed by atoms with Crippen molar-refractivity contribution >= 4 is 23.6 Å². The predicted molar refractivity (Wildman–Crippen MR) is 69.6 cm³/mol. The van der Waals surface area contributed by atoms with Gasteiger partial charge in [-0.1, -0.05) is 25.4 Å². The van der Waals surface area contributed by atoms with Crippen LogP contribution in [0, 0.1) is 0 Å². The van der Waals surface area contributed by atoms with Crippen molar-refractivity contribution in [2.75, 3.05) is 11.9 Å². The first-order valence-corrected chi connectivity index (χ1v) is 5.99. The Morgan fingerprint density at radius 1 is 1.38 bits per heavy atom. The summed E-state index contributed by atoms with van der Waals surface area (Å²) in [7, 11) is 2.02. The summed E-state index contributed by atoms with van der Waals surface area (Å²) in [4.78, 5) is 13.2. The molecule has 0 amide bonds. The molecule has 0 radical (unpaired) electrons. The van der Waals surface area contributed by atoms with Crippen LogP contribution in [-0.4, -0.2) is 19.4 Å². The maximum atomic E-state index is 11.0. The van der Waals surface area contributed by atoms with Gasteiger partial charge in [-0.15, -0.1) is 0 Å². The highest BCUT2D eigenvalue weighted by Gasteiger charge is 2.14. The molecule has 0 bridgehead atoms. The molecule has 88 valence electrons. The molecule has 0 spiro atoms. The first-order chi connectivity index (χ1) is 7.63. The molecule has 0 fully saturated rings. The molecule has 1 aromatic rings. The molecule has 0 heterocycles. The molecule has 0 N–H and O–H groups in total. The minimum atomic E-state index is 0.458.